The molecule has 10 heteroatoms. The lowest BCUT2D eigenvalue weighted by molar-refractivity contribution is 0.395. The summed E-state index contributed by atoms with van der Waals surface area (Å²) in [5, 5.41) is 8.63. The molecule has 1 atom stereocenters. The van der Waals surface area contributed by atoms with Crippen molar-refractivity contribution in [1.29, 1.82) is 0 Å². The molecule has 0 saturated carbocycles. The summed E-state index contributed by atoms with van der Waals surface area (Å²) in [7, 11) is 0. The van der Waals surface area contributed by atoms with E-state index in [1.54, 1.807) is 52.2 Å². The molecule has 0 fully saturated rings. The Morgan fingerprint density at radius 1 is 0.969 bits per heavy atom. The van der Waals surface area contributed by atoms with Crippen LogP contribution in [0.25, 0.3) is 28.3 Å². The second-order valence-corrected chi connectivity index (χ2v) is 7.19. The topological polar surface area (TPSA) is 99.8 Å². The van der Waals surface area contributed by atoms with E-state index in [2.05, 4.69) is 20.2 Å². The van der Waals surface area contributed by atoms with Gasteiger partial charge in [-0.3, -0.25) is 14.1 Å². The Morgan fingerprint density at radius 3 is 2.59 bits per heavy atom. The number of nitrogens with zero attached hydrogens (tertiary/aromatic N) is 7. The zero-order chi connectivity index (χ0) is 22.1. The summed E-state index contributed by atoms with van der Waals surface area (Å²) in [4.78, 5) is 13.2. The van der Waals surface area contributed by atoms with Crippen molar-refractivity contribution >= 4 is 11.6 Å². The fraction of sp³-hybridized carbons (Fsp3) is 0.136. The molecule has 0 saturated heterocycles. The quantitative estimate of drug-likeness (QED) is 0.439. The highest BCUT2D eigenvalue weighted by molar-refractivity contribution is 5.64. The van der Waals surface area contributed by atoms with Crippen molar-refractivity contribution in [2.24, 2.45) is 0 Å². The summed E-state index contributed by atoms with van der Waals surface area (Å²) in [6, 6.07) is 11.1. The SMILES string of the molecule is Nc1nc2cccc(-c3cncc(-c4cnn(C(CCF)c5ccc(F)cc5)c4)n3)n2n1. The van der Waals surface area contributed by atoms with Crippen molar-refractivity contribution in [2.75, 3.05) is 12.4 Å². The van der Waals surface area contributed by atoms with Gasteiger partial charge in [0.15, 0.2) is 5.65 Å². The maximum absolute atomic E-state index is 13.3. The van der Waals surface area contributed by atoms with Gasteiger partial charge in [0.25, 0.3) is 0 Å². The number of hydrogen-bond donors (Lipinski definition) is 1. The number of benzene rings is 1. The van der Waals surface area contributed by atoms with Crippen molar-refractivity contribution in [1.82, 2.24) is 34.3 Å². The number of alkyl halides is 1. The molecule has 0 aliphatic heterocycles. The molecule has 5 rings (SSSR count). The normalized spacial score (nSPS) is 12.3. The third kappa shape index (κ3) is 3.66. The van der Waals surface area contributed by atoms with Crippen LogP contribution in [-0.2, 0) is 0 Å². The Balaban J connectivity index is 1.51. The second kappa shape index (κ2) is 8.14. The number of nitrogen functional groups attached to an aromatic ring is 1. The Bertz CT molecular complexity index is 1380. The van der Waals surface area contributed by atoms with Crippen LogP contribution in [0.4, 0.5) is 14.7 Å². The zero-order valence-corrected chi connectivity index (χ0v) is 16.8. The van der Waals surface area contributed by atoms with Crippen molar-refractivity contribution in [3.05, 3.63) is 78.6 Å². The molecule has 0 radical (unpaired) electrons. The molecule has 0 aliphatic rings. The lowest BCUT2D eigenvalue weighted by Gasteiger charge is -2.16. The van der Waals surface area contributed by atoms with E-state index < -0.39 is 6.67 Å². The van der Waals surface area contributed by atoms with E-state index in [4.69, 9.17) is 10.7 Å². The molecule has 4 heterocycles. The Morgan fingerprint density at radius 2 is 1.78 bits per heavy atom. The highest BCUT2D eigenvalue weighted by atomic mass is 19.1. The third-order valence-corrected chi connectivity index (χ3v) is 5.13. The molecule has 32 heavy (non-hydrogen) atoms. The third-order valence-electron chi connectivity index (χ3n) is 5.13. The minimum atomic E-state index is -0.530. The Labute approximate surface area is 181 Å². The summed E-state index contributed by atoms with van der Waals surface area (Å²) in [6.07, 6.45) is 6.91. The van der Waals surface area contributed by atoms with E-state index in [0.29, 0.717) is 22.7 Å². The van der Waals surface area contributed by atoms with Crippen LogP contribution >= 0.6 is 0 Å². The van der Waals surface area contributed by atoms with Gasteiger partial charge in [-0.05, 0) is 29.8 Å². The zero-order valence-electron chi connectivity index (χ0n) is 16.8. The van der Waals surface area contributed by atoms with Gasteiger partial charge in [-0.15, -0.1) is 5.10 Å². The minimum absolute atomic E-state index is 0.169. The molecule has 0 bridgehead atoms. The fourth-order valence-electron chi connectivity index (χ4n) is 3.62. The van der Waals surface area contributed by atoms with Gasteiger partial charge < -0.3 is 5.73 Å². The molecule has 0 amide bonds. The summed E-state index contributed by atoms with van der Waals surface area (Å²) >= 11 is 0. The molecule has 2 N–H and O–H groups in total. The second-order valence-electron chi connectivity index (χ2n) is 7.19. The van der Waals surface area contributed by atoms with E-state index >= 15 is 0 Å². The first-order valence-corrected chi connectivity index (χ1v) is 9.92. The van der Waals surface area contributed by atoms with E-state index in [0.717, 1.165) is 11.1 Å². The summed E-state index contributed by atoms with van der Waals surface area (Å²) in [5.74, 6) is -0.173. The number of halogens is 2. The standard InChI is InChI=1S/C22H18F2N8/c23-9-8-19(14-4-6-16(24)7-5-14)31-13-15(10-27-31)17-11-26-12-18(28-17)20-2-1-3-21-29-22(25)30-32(20)21/h1-7,10-13,19H,8-9H2,(H2,25,30). The smallest absolute Gasteiger partial charge is 0.240 e. The van der Waals surface area contributed by atoms with Crippen molar-refractivity contribution in [2.45, 2.75) is 12.5 Å². The molecule has 4 aromatic heterocycles. The largest absolute Gasteiger partial charge is 0.366 e. The van der Waals surface area contributed by atoms with E-state index in [-0.39, 0.29) is 24.2 Å². The van der Waals surface area contributed by atoms with Gasteiger partial charge in [0, 0.05) is 18.2 Å². The van der Waals surface area contributed by atoms with E-state index in [1.807, 2.05) is 12.1 Å². The monoisotopic (exact) mass is 432 g/mol. The molecular formula is C22H18F2N8. The highest BCUT2D eigenvalue weighted by Gasteiger charge is 2.17. The van der Waals surface area contributed by atoms with Crippen molar-refractivity contribution < 1.29 is 8.78 Å². The molecule has 0 spiro atoms. The van der Waals surface area contributed by atoms with Crippen molar-refractivity contribution in [3.63, 3.8) is 0 Å². The van der Waals surface area contributed by atoms with Gasteiger partial charge in [-0.2, -0.15) is 10.1 Å². The lowest BCUT2D eigenvalue weighted by atomic mass is 10.0. The number of anilines is 1. The van der Waals surface area contributed by atoms with Crippen LogP contribution in [0, 0.1) is 5.82 Å². The lowest BCUT2D eigenvalue weighted by Crippen LogP contribution is -2.12. The average molecular weight is 432 g/mol. The van der Waals surface area contributed by atoms with Gasteiger partial charge in [0.1, 0.15) is 11.5 Å². The maximum atomic E-state index is 13.3. The van der Waals surface area contributed by atoms with Crippen LogP contribution < -0.4 is 5.73 Å². The molecule has 1 aromatic carbocycles. The van der Waals surface area contributed by atoms with Crippen LogP contribution in [0.2, 0.25) is 0 Å². The van der Waals surface area contributed by atoms with Crippen LogP contribution in [0.1, 0.15) is 18.0 Å². The van der Waals surface area contributed by atoms with Crippen LogP contribution in [0.5, 0.6) is 0 Å². The first-order valence-electron chi connectivity index (χ1n) is 9.92. The molecule has 160 valence electrons. The number of aromatic nitrogens is 7. The minimum Gasteiger partial charge on any atom is -0.366 e. The van der Waals surface area contributed by atoms with Gasteiger partial charge in [-0.25, -0.2) is 13.9 Å². The predicted molar refractivity (Wildman–Crippen MR) is 115 cm³/mol. The summed E-state index contributed by atoms with van der Waals surface area (Å²) in [6.45, 7) is -0.530. The molecule has 8 nitrogen and oxygen atoms in total. The van der Waals surface area contributed by atoms with Gasteiger partial charge in [0.2, 0.25) is 5.95 Å². The van der Waals surface area contributed by atoms with Crippen LogP contribution in [0.3, 0.4) is 0 Å². The summed E-state index contributed by atoms with van der Waals surface area (Å²) < 4.78 is 29.8. The Kier molecular flexibility index (Phi) is 5.02. The first-order chi connectivity index (χ1) is 15.6. The molecule has 1 unspecified atom stereocenters. The van der Waals surface area contributed by atoms with Crippen LogP contribution in [-0.4, -0.2) is 41.0 Å². The maximum Gasteiger partial charge on any atom is 0.240 e. The summed E-state index contributed by atoms with van der Waals surface area (Å²) in [5.41, 5.74) is 9.70. The Hall–Kier alpha value is -4.21. The van der Waals surface area contributed by atoms with Gasteiger partial charge in [0.05, 0.1) is 42.7 Å². The van der Waals surface area contributed by atoms with E-state index in [9.17, 15) is 8.78 Å². The number of hydrogen-bond acceptors (Lipinski definition) is 6. The van der Waals surface area contributed by atoms with E-state index in [1.165, 1.54) is 12.1 Å². The first kappa shape index (κ1) is 19.7. The fourth-order valence-corrected chi connectivity index (χ4v) is 3.62. The molecular weight excluding hydrogens is 414 g/mol. The predicted octanol–water partition coefficient (Wildman–Crippen LogP) is 3.72. The van der Waals surface area contributed by atoms with Gasteiger partial charge in [-0.1, -0.05) is 18.2 Å². The number of pyridine rings is 1. The van der Waals surface area contributed by atoms with Gasteiger partial charge >= 0.3 is 0 Å². The number of nitrogens with two attached hydrogens (primary N) is 1. The number of rotatable bonds is 6. The van der Waals surface area contributed by atoms with Crippen molar-refractivity contribution in [3.8, 4) is 22.6 Å². The highest BCUT2D eigenvalue weighted by Crippen LogP contribution is 2.26. The molecule has 0 aliphatic carbocycles. The number of fused-ring (bicyclic) bond motifs is 1. The average Bonchev–Trinajstić information content (AvgIpc) is 3.44. The van der Waals surface area contributed by atoms with Crippen LogP contribution in [0.15, 0.2) is 67.3 Å². The molecule has 5 aromatic rings.